The zero-order chi connectivity index (χ0) is 10.9. The Labute approximate surface area is 91.3 Å². The van der Waals surface area contributed by atoms with Crippen LogP contribution in [0.3, 0.4) is 0 Å². The van der Waals surface area contributed by atoms with E-state index in [-0.39, 0.29) is 12.4 Å². The van der Waals surface area contributed by atoms with Gasteiger partial charge in [0.15, 0.2) is 5.78 Å². The maximum absolute atomic E-state index is 11.3. The lowest BCUT2D eigenvalue weighted by atomic mass is 10.2. The summed E-state index contributed by atoms with van der Waals surface area (Å²) >= 11 is 0. The van der Waals surface area contributed by atoms with Crippen molar-refractivity contribution in [1.29, 1.82) is 0 Å². The summed E-state index contributed by atoms with van der Waals surface area (Å²) in [5, 5.41) is 0. The highest BCUT2D eigenvalue weighted by atomic mass is 16.5. The molecule has 2 nitrogen and oxygen atoms in total. The van der Waals surface area contributed by atoms with Crippen molar-refractivity contribution in [2.24, 2.45) is 0 Å². The first-order chi connectivity index (χ1) is 7.33. The minimum atomic E-state index is 0.202. The second-order valence-electron chi connectivity index (χ2n) is 3.62. The third kappa shape index (κ3) is 5.33. The number of benzene rings is 1. The van der Waals surface area contributed by atoms with Gasteiger partial charge in [0, 0.05) is 6.42 Å². The van der Waals surface area contributed by atoms with Crippen molar-refractivity contribution in [1.82, 2.24) is 0 Å². The van der Waals surface area contributed by atoms with Crippen LogP contribution in [0.1, 0.15) is 31.7 Å². The lowest BCUT2D eigenvalue weighted by molar-refractivity contribution is -0.124. The monoisotopic (exact) mass is 206 g/mol. The molecule has 82 valence electrons. The van der Waals surface area contributed by atoms with Gasteiger partial charge in [-0.1, -0.05) is 43.7 Å². The average Bonchev–Trinajstić information content (AvgIpc) is 2.28. The summed E-state index contributed by atoms with van der Waals surface area (Å²) in [6.45, 7) is 2.85. The lowest BCUT2D eigenvalue weighted by Gasteiger charge is -2.03. The molecule has 0 aromatic heterocycles. The largest absolute Gasteiger partial charge is 0.369 e. The number of ether oxygens (including phenoxy) is 1. The molecule has 0 heterocycles. The van der Waals surface area contributed by atoms with Crippen LogP contribution >= 0.6 is 0 Å². The quantitative estimate of drug-likeness (QED) is 0.685. The van der Waals surface area contributed by atoms with Gasteiger partial charge < -0.3 is 4.74 Å². The molecule has 0 bridgehead atoms. The van der Waals surface area contributed by atoms with Gasteiger partial charge in [0.25, 0.3) is 0 Å². The Balaban J connectivity index is 2.14. The van der Waals surface area contributed by atoms with E-state index in [0.717, 1.165) is 18.4 Å². The Morgan fingerprint density at radius 2 is 2.00 bits per heavy atom. The minimum Gasteiger partial charge on any atom is -0.369 e. The van der Waals surface area contributed by atoms with Gasteiger partial charge in [-0.25, -0.2) is 0 Å². The Kier molecular flexibility index (Phi) is 5.71. The molecule has 0 atom stereocenters. The first-order valence-corrected chi connectivity index (χ1v) is 5.46. The first-order valence-electron chi connectivity index (χ1n) is 5.46. The second kappa shape index (κ2) is 7.18. The summed E-state index contributed by atoms with van der Waals surface area (Å²) in [5.41, 5.74) is 1.11. The summed E-state index contributed by atoms with van der Waals surface area (Å²) in [6, 6.07) is 9.90. The number of carbonyl (C=O) groups excluding carboxylic acids is 1. The summed E-state index contributed by atoms with van der Waals surface area (Å²) < 4.78 is 5.33. The molecule has 0 saturated carbocycles. The van der Waals surface area contributed by atoms with Crippen molar-refractivity contribution >= 4 is 5.78 Å². The maximum atomic E-state index is 11.3. The molecule has 0 N–H and O–H groups in total. The minimum absolute atomic E-state index is 0.202. The number of hydrogen-bond acceptors (Lipinski definition) is 2. The number of unbranched alkanes of at least 4 members (excludes halogenated alkanes) is 1. The van der Waals surface area contributed by atoms with Crippen LogP contribution in [0.2, 0.25) is 0 Å². The summed E-state index contributed by atoms with van der Waals surface area (Å²) in [4.78, 5) is 11.3. The van der Waals surface area contributed by atoms with Crippen LogP contribution in [-0.4, -0.2) is 12.4 Å². The van der Waals surface area contributed by atoms with Gasteiger partial charge in [-0.05, 0) is 12.0 Å². The molecule has 0 fully saturated rings. The molecule has 0 aliphatic carbocycles. The van der Waals surface area contributed by atoms with Crippen molar-refractivity contribution in [2.75, 3.05) is 6.61 Å². The van der Waals surface area contributed by atoms with Gasteiger partial charge in [-0.15, -0.1) is 0 Å². The molecular formula is C13H18O2. The van der Waals surface area contributed by atoms with E-state index in [1.807, 2.05) is 30.3 Å². The summed E-state index contributed by atoms with van der Waals surface area (Å²) in [7, 11) is 0. The molecular weight excluding hydrogens is 188 g/mol. The van der Waals surface area contributed by atoms with Crippen molar-refractivity contribution in [3.05, 3.63) is 35.9 Å². The topological polar surface area (TPSA) is 26.3 Å². The zero-order valence-electron chi connectivity index (χ0n) is 9.24. The van der Waals surface area contributed by atoms with E-state index < -0.39 is 0 Å². The zero-order valence-corrected chi connectivity index (χ0v) is 9.24. The number of rotatable bonds is 7. The number of hydrogen-bond donors (Lipinski definition) is 0. The van der Waals surface area contributed by atoms with E-state index in [4.69, 9.17) is 4.74 Å². The Bertz CT molecular complexity index is 280. The highest BCUT2D eigenvalue weighted by Gasteiger charge is 2.00. The maximum Gasteiger partial charge on any atom is 0.158 e. The predicted molar refractivity (Wildman–Crippen MR) is 60.6 cm³/mol. The molecule has 0 radical (unpaired) electrons. The smallest absolute Gasteiger partial charge is 0.158 e. The van der Waals surface area contributed by atoms with E-state index in [1.54, 1.807) is 0 Å². The molecule has 0 unspecified atom stereocenters. The molecule has 0 aliphatic rings. The molecule has 1 rings (SSSR count). The van der Waals surface area contributed by atoms with E-state index >= 15 is 0 Å². The van der Waals surface area contributed by atoms with Crippen LogP contribution in [0.4, 0.5) is 0 Å². The van der Waals surface area contributed by atoms with Crippen LogP contribution < -0.4 is 0 Å². The molecule has 2 heteroatoms. The van der Waals surface area contributed by atoms with Gasteiger partial charge in [0.05, 0.1) is 6.61 Å². The van der Waals surface area contributed by atoms with Crippen molar-refractivity contribution in [2.45, 2.75) is 32.8 Å². The SMILES string of the molecule is CCCCC(=O)COCc1ccccc1. The number of ketones is 1. The van der Waals surface area contributed by atoms with E-state index in [2.05, 4.69) is 6.92 Å². The van der Waals surface area contributed by atoms with Gasteiger partial charge in [0.2, 0.25) is 0 Å². The van der Waals surface area contributed by atoms with Gasteiger partial charge in [-0.3, -0.25) is 4.79 Å². The Morgan fingerprint density at radius 1 is 1.27 bits per heavy atom. The fourth-order valence-electron chi connectivity index (χ4n) is 1.30. The van der Waals surface area contributed by atoms with Crippen LogP contribution in [0.5, 0.6) is 0 Å². The molecule has 0 amide bonds. The highest BCUT2D eigenvalue weighted by molar-refractivity contribution is 5.79. The molecule has 0 spiro atoms. The third-order valence-electron chi connectivity index (χ3n) is 2.18. The third-order valence-corrected chi connectivity index (χ3v) is 2.18. The highest BCUT2D eigenvalue weighted by Crippen LogP contribution is 2.01. The van der Waals surface area contributed by atoms with Crippen molar-refractivity contribution in [3.8, 4) is 0 Å². The van der Waals surface area contributed by atoms with Gasteiger partial charge in [0.1, 0.15) is 6.61 Å². The second-order valence-corrected chi connectivity index (χ2v) is 3.62. The molecule has 15 heavy (non-hydrogen) atoms. The standard InChI is InChI=1S/C13H18O2/c1-2-3-9-13(14)11-15-10-12-7-5-4-6-8-12/h4-8H,2-3,9-11H2,1H3. The Hall–Kier alpha value is -1.15. The Morgan fingerprint density at radius 3 is 2.67 bits per heavy atom. The molecule has 1 aromatic carbocycles. The van der Waals surface area contributed by atoms with Crippen LogP contribution in [0.15, 0.2) is 30.3 Å². The van der Waals surface area contributed by atoms with Crippen molar-refractivity contribution < 1.29 is 9.53 Å². The fourth-order valence-corrected chi connectivity index (χ4v) is 1.30. The van der Waals surface area contributed by atoms with Crippen LogP contribution in [0, 0.1) is 0 Å². The molecule has 1 aromatic rings. The van der Waals surface area contributed by atoms with E-state index in [0.29, 0.717) is 13.0 Å². The average molecular weight is 206 g/mol. The normalized spacial score (nSPS) is 10.2. The van der Waals surface area contributed by atoms with E-state index in [1.165, 1.54) is 0 Å². The summed E-state index contributed by atoms with van der Waals surface area (Å²) in [6.07, 6.45) is 2.67. The summed E-state index contributed by atoms with van der Waals surface area (Å²) in [5.74, 6) is 0.202. The molecule has 0 saturated heterocycles. The van der Waals surface area contributed by atoms with Gasteiger partial charge >= 0.3 is 0 Å². The molecule has 0 aliphatic heterocycles. The number of carbonyl (C=O) groups is 1. The van der Waals surface area contributed by atoms with Crippen molar-refractivity contribution in [3.63, 3.8) is 0 Å². The lowest BCUT2D eigenvalue weighted by Crippen LogP contribution is -2.08. The van der Waals surface area contributed by atoms with Crippen LogP contribution in [0.25, 0.3) is 0 Å². The fraction of sp³-hybridized carbons (Fsp3) is 0.462. The van der Waals surface area contributed by atoms with Gasteiger partial charge in [-0.2, -0.15) is 0 Å². The van der Waals surface area contributed by atoms with Crippen LogP contribution in [-0.2, 0) is 16.1 Å². The first kappa shape index (κ1) is 11.9. The number of Topliss-reactive ketones (excluding diaryl/α,β-unsaturated/α-hetero) is 1. The predicted octanol–water partition coefficient (Wildman–Crippen LogP) is 2.96. The van der Waals surface area contributed by atoms with E-state index in [9.17, 15) is 4.79 Å².